The van der Waals surface area contributed by atoms with Crippen molar-refractivity contribution in [3.8, 4) is 45.0 Å². The standard InChI is InChI=1S/C23H25ClN4O3.C17H12ClN3O3.C17H14ClN3O.C10H7ClN2O.C7H6ClNO2.C6H12ClNO2.C5H13NO.C2Cl4O2.CH3F.CH2O3.CH4O.4ClH.2Cs.Sn.H/c1-27(2)13-4-14-31-23(30)25-20-6-3-5-17(15-20)16-28-22(29)12-11-21(26-28)18-7-9-19(24)10-8-18;18-14-6-4-13(5-7-14)16-8-9-17(22)20(19-16)11-12-2-1-3-15(10-12)21(23)24;18-14-6-4-13(5-7-14)16-8-9-17(22)21(20-16)11-12-2-1-3-15(19)10-12;11-8-3-1-7(2-4-8)9-5-6-10(14)13-12-9;8-5-6-2-1-3-7(4-6)9(10)11;1-8(2)4-3-5-10-6(7)9;1-6(2)4-3-5-7;3-1(7)8-2(4,5)6;1-2;2-1-4-3;1-2;;;;;;;;/h3,5-12,15H,4,13-14,16H2,1-2H3,(H,25,30);1-10H,11H2;1-10H,11,19H2;1-6H,(H,13,14);1-4H,5H2;3-5H2,1-2H3;7H,3-5H2,1-2H3;;1H3;1,3H;2H,1H3;4*1H;;;;/q;;;;;;;;;;;;;;;2*+1;+2;-1/p-1/i;;;;;;;;1D;;;;;;;;;;. The number of nitrogens with one attached hydrogen (secondary N) is 4. The van der Waals surface area contributed by atoms with Gasteiger partial charge in [0.1, 0.15) is 0 Å². The first kappa shape index (κ1) is 140. The molecule has 8 N–H and O–H groups in total. The molecule has 2 radical (unpaired) electrons. The molecule has 34 nitrogen and oxygen atoms in total. The van der Waals surface area contributed by atoms with Gasteiger partial charge in [0.2, 0.25) is 0 Å². The summed E-state index contributed by atoms with van der Waals surface area (Å²) in [5, 5.41) is 69.6. The molecule has 0 unspecified atom stereocenters. The Morgan fingerprint density at radius 2 is 0.901 bits per heavy atom. The number of aliphatic hydroxyl groups is 2. The van der Waals surface area contributed by atoms with Crippen molar-refractivity contribution in [3.05, 3.63) is 347 Å². The number of nitro groups is 2. The minimum atomic E-state index is -2.04. The summed E-state index contributed by atoms with van der Waals surface area (Å²) in [6, 6.07) is 68.7. The zero-order chi connectivity index (χ0) is 104. The molecular formula is C90H102Cl14Cs2FN15O19Sn+2. The van der Waals surface area contributed by atoms with E-state index in [1.54, 1.807) is 109 Å². The number of rotatable bonds is 26. The van der Waals surface area contributed by atoms with E-state index >= 15 is 0 Å². The second kappa shape index (κ2) is 84.1. The summed E-state index contributed by atoms with van der Waals surface area (Å²) in [5.41, 5.74) is 13.8. The first-order valence-electron chi connectivity index (χ1n) is 40.6. The third kappa shape index (κ3) is 66.5. The van der Waals surface area contributed by atoms with E-state index in [4.69, 9.17) is 154 Å². The first-order valence-corrected chi connectivity index (χ1v) is 51.1. The van der Waals surface area contributed by atoms with Crippen LogP contribution >= 0.6 is 159 Å². The predicted molar refractivity (Wildman–Crippen MR) is 558 cm³/mol. The van der Waals surface area contributed by atoms with Gasteiger partial charge < -0.3 is 56.4 Å². The number of aromatic nitrogens is 8. The van der Waals surface area contributed by atoms with Crippen LogP contribution in [0.15, 0.2) is 262 Å². The van der Waals surface area contributed by atoms with Crippen LogP contribution in [0.5, 0.6) is 0 Å². The Morgan fingerprint density at radius 1 is 0.563 bits per heavy atom. The third-order valence-electron chi connectivity index (χ3n) is 16.4. The Morgan fingerprint density at radius 3 is 1.20 bits per heavy atom. The van der Waals surface area contributed by atoms with Crippen LogP contribution in [0.2, 0.25) is 20.1 Å². The van der Waals surface area contributed by atoms with E-state index in [1.165, 1.54) is 72.4 Å². The number of nitro benzene ring substituents is 2. The number of aliphatic hydroxyl groups excluding tert-OH is 2. The van der Waals surface area contributed by atoms with Crippen LogP contribution in [0.1, 0.15) is 44.3 Å². The SMILES string of the molecule is CN(C)CCCO.CO.C[NH+](C)CCCOC(=O)Cl.C[NH+](C)CCCOC(=O)Nc1cccc(Cn2nc(-c3ccc(Cl)cc3)ccc2=O)c1.Cl.Cl.Nc1cccc(Cn2nc(-c3ccc(Cl)cc3)ccc2=O)c1.O=C(Cl)OC(Cl)(Cl)Cl.O=CO[O-].O=[N+]([O-])c1cccc(CCl)c1.O=c1ccc(-c2ccc(Cl)cc2)n[nH]1.O=c1ccc(-c2ccc(Cl)cc2)nn1Cc1cccc([N+](=O)[O-])c1.[2H]CF.[Cl][Sn][Cl].[Cs+].[Cs+].[H-]. The number of halogens is 15. The molecule has 0 spiro atoms. The van der Waals surface area contributed by atoms with Crippen molar-refractivity contribution in [1.29, 1.82) is 0 Å². The van der Waals surface area contributed by atoms with Crippen LogP contribution < -0.4 is 186 Å². The van der Waals surface area contributed by atoms with Crippen molar-refractivity contribution in [2.24, 2.45) is 0 Å². The van der Waals surface area contributed by atoms with E-state index in [-0.39, 0.29) is 217 Å². The fraction of sp³-hybridized carbons (Fsp3) is 0.244. The first-order chi connectivity index (χ1) is 66.1. The summed E-state index contributed by atoms with van der Waals surface area (Å²) < 4.78 is 31.1. The number of hydrogen-bond donors (Lipinski definition) is 7. The van der Waals surface area contributed by atoms with Crippen LogP contribution in [-0.4, -0.2) is 207 Å². The van der Waals surface area contributed by atoms with Gasteiger partial charge in [0.15, 0.2) is 0 Å². The van der Waals surface area contributed by atoms with Gasteiger partial charge in [-0.3, -0.25) is 53.9 Å². The molecule has 4 aromatic heterocycles. The third-order valence-corrected chi connectivity index (χ3v) is 18.2. The van der Waals surface area contributed by atoms with Gasteiger partial charge >= 0.3 is 195 Å². The average molecular weight is 2600 g/mol. The van der Waals surface area contributed by atoms with Crippen LogP contribution in [0.25, 0.3) is 45.0 Å². The molecular weight excluding hydrogens is 2490 g/mol. The van der Waals surface area contributed by atoms with E-state index in [2.05, 4.69) is 75.8 Å². The number of nitrogens with two attached hydrogens (primary N) is 1. The molecule has 12 aromatic rings. The number of non-ortho nitro benzene ring substituents is 2. The van der Waals surface area contributed by atoms with Gasteiger partial charge in [0.05, 0.1) is 115 Å². The summed E-state index contributed by atoms with van der Waals surface area (Å²) in [7, 11) is 22.1. The molecule has 0 bridgehead atoms. The Bertz CT molecular complexity index is 5890. The monoisotopic (exact) mass is 2590 g/mol. The molecule has 142 heavy (non-hydrogen) atoms. The Hall–Kier alpha value is -5.79. The molecule has 0 aliphatic rings. The molecule has 0 saturated heterocycles. The second-order valence-corrected chi connectivity index (χ2v) is 36.9. The van der Waals surface area contributed by atoms with Crippen molar-refractivity contribution in [2.45, 2.75) is 48.8 Å². The number of quaternary nitrogens is 2. The van der Waals surface area contributed by atoms with E-state index in [0.29, 0.717) is 80.7 Å². The Balaban J connectivity index is -0.000000520. The maximum atomic E-state index is 12.3. The predicted octanol–water partition coefficient (Wildman–Crippen LogP) is 10.9. The van der Waals surface area contributed by atoms with E-state index in [1.807, 2.05) is 113 Å². The molecule has 4 heterocycles. The maximum absolute atomic E-state index is 12.3. The average Bonchev–Trinajstić information content (AvgIpc) is 0.837. The van der Waals surface area contributed by atoms with Crippen molar-refractivity contribution >= 4 is 224 Å². The van der Waals surface area contributed by atoms with Crippen LogP contribution in [0.4, 0.5) is 41.5 Å². The minimum absolute atomic E-state index is 0. The summed E-state index contributed by atoms with van der Waals surface area (Å²) in [4.78, 5) is 115. The number of carbonyl (C=O) groups excluding carboxylic acids is 4. The number of amides is 1. The van der Waals surface area contributed by atoms with Crippen molar-refractivity contribution in [1.82, 2.24) is 44.4 Å². The van der Waals surface area contributed by atoms with Gasteiger partial charge in [-0.2, -0.15) is 20.4 Å². The number of ether oxygens (including phenoxy) is 3. The number of carbonyl (C=O) groups is 4. The number of anilines is 2. The van der Waals surface area contributed by atoms with Gasteiger partial charge in [0, 0.05) is 158 Å². The summed E-state index contributed by atoms with van der Waals surface area (Å²) in [6.45, 7) is 4.63. The van der Waals surface area contributed by atoms with Gasteiger partial charge in [-0.25, -0.2) is 33.5 Å². The van der Waals surface area contributed by atoms with E-state index in [0.717, 1.165) is 96.3 Å². The number of benzene rings is 8. The summed E-state index contributed by atoms with van der Waals surface area (Å²) >= 11 is 52.5. The molecule has 1 amide bonds. The zero-order valence-electron chi connectivity index (χ0n) is 79.7. The van der Waals surface area contributed by atoms with E-state index < -0.39 is 56.8 Å². The molecule has 0 fully saturated rings. The largest absolute Gasteiger partial charge is 1.00 e. The maximum Gasteiger partial charge on any atom is 1.00 e. The number of aromatic amines is 1. The van der Waals surface area contributed by atoms with Crippen molar-refractivity contribution in [2.75, 3.05) is 107 Å². The number of nitrogens with zero attached hydrogens (tertiary/aromatic N) is 10. The molecule has 12 rings (SSSR count). The molecule has 0 aliphatic carbocycles. The summed E-state index contributed by atoms with van der Waals surface area (Å²) in [6.07, 6.45) is 2.05. The molecule has 0 aliphatic heterocycles. The molecule has 760 valence electrons. The fourth-order valence-corrected chi connectivity index (χ4v) is 11.6. The number of nitrogen functional groups attached to an aromatic ring is 1. The quantitative estimate of drug-likeness (QED) is 0.00253. The molecule has 52 heteroatoms. The van der Waals surface area contributed by atoms with Crippen molar-refractivity contribution in [3.63, 3.8) is 0 Å². The normalized spacial score (nSPS) is 9.80. The van der Waals surface area contributed by atoms with Gasteiger partial charge in [-0.1, -0.05) is 143 Å². The van der Waals surface area contributed by atoms with Crippen LogP contribution in [0, 0.1) is 20.2 Å². The van der Waals surface area contributed by atoms with Crippen molar-refractivity contribution < 1.29 is 218 Å². The fourth-order valence-electron chi connectivity index (χ4n) is 10.4. The second-order valence-electron chi connectivity index (χ2n) is 27.8. The van der Waals surface area contributed by atoms with Crippen LogP contribution in [0.3, 0.4) is 0 Å². The Labute approximate surface area is 1020 Å². The zero-order valence-corrected chi connectivity index (χ0v) is 104. The van der Waals surface area contributed by atoms with Gasteiger partial charge in [-0.05, 0) is 181 Å². The number of hydrogen-bond acceptors (Lipinski definition) is 25. The molecule has 8 aromatic carbocycles. The molecule has 0 saturated carbocycles. The van der Waals surface area contributed by atoms with E-state index in [9.17, 15) is 58.2 Å². The minimum Gasteiger partial charge on any atom is -1.00 e. The topological polar surface area (TPSA) is 456 Å². The Kier molecular flexibility index (Phi) is 83.1. The smallest absolute Gasteiger partial charge is 1.00 e. The summed E-state index contributed by atoms with van der Waals surface area (Å²) in [5.74, 6) is 0.307. The number of alkyl halides is 5. The molecule has 0 atom stereocenters. The number of H-pyrrole nitrogens is 1. The van der Waals surface area contributed by atoms with Crippen LogP contribution in [-0.2, 0) is 49.4 Å². The van der Waals surface area contributed by atoms with Gasteiger partial charge in [-0.15, -0.1) is 36.4 Å². The van der Waals surface area contributed by atoms with Gasteiger partial charge in [0.25, 0.3) is 40.1 Å².